The highest BCUT2D eigenvalue weighted by Gasteiger charge is 2.32. The van der Waals surface area contributed by atoms with Crippen molar-refractivity contribution >= 4 is 5.97 Å². The van der Waals surface area contributed by atoms with E-state index in [1.807, 2.05) is 14.0 Å². The van der Waals surface area contributed by atoms with E-state index in [0.717, 1.165) is 63.6 Å². The Bertz CT molecular complexity index is 606. The van der Waals surface area contributed by atoms with Gasteiger partial charge in [0.05, 0.1) is 19.1 Å². The van der Waals surface area contributed by atoms with Gasteiger partial charge < -0.3 is 19.3 Å². The molecule has 2 aliphatic carbocycles. The first-order chi connectivity index (χ1) is 17.1. The van der Waals surface area contributed by atoms with Crippen LogP contribution in [-0.2, 0) is 14.3 Å². The Morgan fingerprint density at radius 3 is 2.17 bits per heavy atom. The van der Waals surface area contributed by atoms with Crippen molar-refractivity contribution in [2.45, 2.75) is 83.1 Å². The minimum atomic E-state index is -0.0661. The first kappa shape index (κ1) is 27.3. The summed E-state index contributed by atoms with van der Waals surface area (Å²) < 4.78 is 10.6. The molecule has 2 heterocycles. The molecular formula is C27H51N5O3. The molecule has 0 atom stereocenters. The summed E-state index contributed by atoms with van der Waals surface area (Å²) in [5.74, 6) is 2.37. The zero-order valence-electron chi connectivity index (χ0n) is 22.3. The lowest BCUT2D eigenvalue weighted by Gasteiger charge is -2.41. The van der Waals surface area contributed by atoms with Crippen LogP contribution in [0.2, 0.25) is 0 Å². The van der Waals surface area contributed by atoms with Gasteiger partial charge in [0.2, 0.25) is 0 Å². The Morgan fingerprint density at radius 1 is 0.886 bits per heavy atom. The molecule has 4 rings (SSSR count). The van der Waals surface area contributed by atoms with Crippen LogP contribution in [0.4, 0.5) is 0 Å². The van der Waals surface area contributed by atoms with Gasteiger partial charge >= 0.3 is 5.97 Å². The Hall–Kier alpha value is -0.770. The van der Waals surface area contributed by atoms with E-state index in [2.05, 4.69) is 25.8 Å². The molecule has 0 bridgehead atoms. The number of nitrogens with one attached hydrogen (secondary N) is 3. The highest BCUT2D eigenvalue weighted by molar-refractivity contribution is 5.69. The minimum Gasteiger partial charge on any atom is -0.466 e. The Balaban J connectivity index is 1.05. The first-order valence-corrected chi connectivity index (χ1v) is 14.5. The number of hydrogen-bond acceptors (Lipinski definition) is 8. The molecular weight excluding hydrogens is 442 g/mol. The second-order valence-corrected chi connectivity index (χ2v) is 11.4. The van der Waals surface area contributed by atoms with Gasteiger partial charge in [0.15, 0.2) is 0 Å². The van der Waals surface area contributed by atoms with Gasteiger partial charge in [0.25, 0.3) is 0 Å². The molecule has 2 aliphatic heterocycles. The van der Waals surface area contributed by atoms with Crippen molar-refractivity contribution in [3.63, 3.8) is 0 Å². The van der Waals surface area contributed by atoms with Gasteiger partial charge in [-0.2, -0.15) is 0 Å². The van der Waals surface area contributed by atoms with E-state index in [-0.39, 0.29) is 12.3 Å². The number of carbonyl (C=O) groups excluding carboxylic acids is 1. The third kappa shape index (κ3) is 8.64. The topological polar surface area (TPSA) is 78.1 Å². The lowest BCUT2D eigenvalue weighted by atomic mass is 9.78. The standard InChI is InChI=1S/C27H51N5O3/c1-3-35-26(33)12-13-31-14-16-32(17-15-31)20-21-4-8-24(9-5-21)30-27-28-18-23(19-29-27)22-6-10-25(34-2)11-7-22/h21-25,27-30H,3-20H2,1-2H3. The molecule has 0 amide bonds. The summed E-state index contributed by atoms with van der Waals surface area (Å²) >= 11 is 0. The number of rotatable bonds is 10. The van der Waals surface area contributed by atoms with Crippen molar-refractivity contribution in [1.82, 2.24) is 25.8 Å². The van der Waals surface area contributed by atoms with E-state index < -0.39 is 0 Å². The number of esters is 1. The highest BCUT2D eigenvalue weighted by atomic mass is 16.5. The van der Waals surface area contributed by atoms with Crippen LogP contribution >= 0.6 is 0 Å². The van der Waals surface area contributed by atoms with E-state index in [9.17, 15) is 4.79 Å². The van der Waals surface area contributed by atoms with E-state index in [4.69, 9.17) is 9.47 Å². The van der Waals surface area contributed by atoms with Crippen LogP contribution in [0.25, 0.3) is 0 Å². The number of methoxy groups -OCH3 is 1. The summed E-state index contributed by atoms with van der Waals surface area (Å²) in [6.07, 6.45) is 11.6. The van der Waals surface area contributed by atoms with Crippen LogP contribution in [0.5, 0.6) is 0 Å². The van der Waals surface area contributed by atoms with Gasteiger partial charge in [-0.25, -0.2) is 0 Å². The number of ether oxygens (including phenoxy) is 2. The monoisotopic (exact) mass is 493 g/mol. The smallest absolute Gasteiger partial charge is 0.307 e. The molecule has 4 aliphatic rings. The van der Waals surface area contributed by atoms with E-state index >= 15 is 0 Å². The molecule has 8 heteroatoms. The van der Waals surface area contributed by atoms with E-state index in [1.54, 1.807) is 0 Å². The molecule has 0 aromatic carbocycles. The summed E-state index contributed by atoms with van der Waals surface area (Å²) in [5, 5.41) is 11.4. The molecule has 3 N–H and O–H groups in total. The van der Waals surface area contributed by atoms with Crippen molar-refractivity contribution < 1.29 is 14.3 Å². The maximum absolute atomic E-state index is 11.6. The van der Waals surface area contributed by atoms with Crippen LogP contribution in [0, 0.1) is 17.8 Å². The van der Waals surface area contributed by atoms with Crippen LogP contribution in [0.3, 0.4) is 0 Å². The number of nitrogens with zero attached hydrogens (tertiary/aromatic N) is 2. The average Bonchev–Trinajstić information content (AvgIpc) is 2.90. The summed E-state index contributed by atoms with van der Waals surface area (Å²) in [6, 6.07) is 0.629. The number of hydrogen-bond donors (Lipinski definition) is 3. The maximum Gasteiger partial charge on any atom is 0.307 e. The fraction of sp³-hybridized carbons (Fsp3) is 0.963. The first-order valence-electron chi connectivity index (χ1n) is 14.5. The number of carbonyl (C=O) groups is 1. The molecule has 2 saturated heterocycles. The lowest BCUT2D eigenvalue weighted by Crippen LogP contribution is -2.63. The van der Waals surface area contributed by atoms with Gasteiger partial charge in [-0.1, -0.05) is 0 Å². The van der Waals surface area contributed by atoms with Crippen LogP contribution < -0.4 is 16.0 Å². The third-order valence-electron chi connectivity index (χ3n) is 9.06. The number of piperazine rings is 1. The van der Waals surface area contributed by atoms with Crippen molar-refractivity contribution in [3.8, 4) is 0 Å². The molecule has 0 aromatic heterocycles. The molecule has 35 heavy (non-hydrogen) atoms. The predicted molar refractivity (Wildman–Crippen MR) is 139 cm³/mol. The summed E-state index contributed by atoms with van der Waals surface area (Å²) in [5.41, 5.74) is 0. The van der Waals surface area contributed by atoms with E-state index in [0.29, 0.717) is 25.2 Å². The maximum atomic E-state index is 11.6. The van der Waals surface area contributed by atoms with Gasteiger partial charge in [0, 0.05) is 65.5 Å². The van der Waals surface area contributed by atoms with Gasteiger partial charge in [-0.15, -0.1) is 0 Å². The van der Waals surface area contributed by atoms with E-state index in [1.165, 1.54) is 57.9 Å². The zero-order chi connectivity index (χ0) is 24.5. The molecule has 0 spiro atoms. The second kappa shape index (κ2) is 14.2. The summed E-state index contributed by atoms with van der Waals surface area (Å²) in [6.45, 7) is 11.1. The quantitative estimate of drug-likeness (QED) is 0.399. The van der Waals surface area contributed by atoms with Crippen LogP contribution in [-0.4, -0.2) is 100 Å². The average molecular weight is 494 g/mol. The molecule has 202 valence electrons. The minimum absolute atomic E-state index is 0.0661. The molecule has 8 nitrogen and oxygen atoms in total. The Kier molecular flexibility index (Phi) is 11.1. The molecule has 4 fully saturated rings. The normalized spacial score (nSPS) is 35.6. The SMILES string of the molecule is CCOC(=O)CCN1CCN(CC2CCC(NC3NCC(C4CCC(OC)CC4)CN3)CC2)CC1. The Morgan fingerprint density at radius 2 is 1.54 bits per heavy atom. The fourth-order valence-electron chi connectivity index (χ4n) is 6.72. The third-order valence-corrected chi connectivity index (χ3v) is 9.06. The molecule has 0 radical (unpaired) electrons. The fourth-order valence-corrected chi connectivity index (χ4v) is 6.72. The lowest BCUT2D eigenvalue weighted by molar-refractivity contribution is -0.143. The van der Waals surface area contributed by atoms with Crippen molar-refractivity contribution in [1.29, 1.82) is 0 Å². The van der Waals surface area contributed by atoms with Crippen LogP contribution in [0.1, 0.15) is 64.7 Å². The van der Waals surface area contributed by atoms with Crippen LogP contribution in [0.15, 0.2) is 0 Å². The molecule has 2 saturated carbocycles. The largest absolute Gasteiger partial charge is 0.466 e. The highest BCUT2D eigenvalue weighted by Crippen LogP contribution is 2.32. The summed E-state index contributed by atoms with van der Waals surface area (Å²) in [4.78, 5) is 16.6. The van der Waals surface area contributed by atoms with Crippen molar-refractivity contribution in [3.05, 3.63) is 0 Å². The van der Waals surface area contributed by atoms with Gasteiger partial charge in [0.1, 0.15) is 6.29 Å². The molecule has 0 unspecified atom stereocenters. The molecule has 0 aromatic rings. The van der Waals surface area contributed by atoms with Crippen molar-refractivity contribution in [2.75, 3.05) is 66.1 Å². The van der Waals surface area contributed by atoms with Gasteiger partial charge in [-0.3, -0.25) is 20.7 Å². The van der Waals surface area contributed by atoms with Gasteiger partial charge in [-0.05, 0) is 76.0 Å². The Labute approximate surface area is 213 Å². The van der Waals surface area contributed by atoms with Crippen molar-refractivity contribution in [2.24, 2.45) is 17.8 Å². The predicted octanol–water partition coefficient (Wildman–Crippen LogP) is 2.00. The zero-order valence-corrected chi connectivity index (χ0v) is 22.3. The second-order valence-electron chi connectivity index (χ2n) is 11.4. The summed E-state index contributed by atoms with van der Waals surface area (Å²) in [7, 11) is 1.86.